The molecule has 3 aromatic heterocycles. The average molecular weight is 381 g/mol. The van der Waals surface area contributed by atoms with Gasteiger partial charge in [-0.25, -0.2) is 14.1 Å². The molecule has 1 aromatic carbocycles. The first-order chi connectivity index (χ1) is 13.1. The smallest absolute Gasteiger partial charge is 0.267 e. The van der Waals surface area contributed by atoms with E-state index in [2.05, 4.69) is 30.8 Å². The molecule has 1 amide bonds. The number of benzene rings is 1. The molecular weight excluding hydrogens is 369 g/mol. The van der Waals surface area contributed by atoms with Crippen molar-refractivity contribution >= 4 is 22.9 Å². The lowest BCUT2D eigenvalue weighted by atomic mass is 10.2. The first-order valence-corrected chi connectivity index (χ1v) is 8.66. The fourth-order valence-corrected chi connectivity index (χ4v) is 3.35. The van der Waals surface area contributed by atoms with Crippen molar-refractivity contribution in [3.05, 3.63) is 65.3 Å². The van der Waals surface area contributed by atoms with Gasteiger partial charge in [0, 0.05) is 6.20 Å². The van der Waals surface area contributed by atoms with Crippen LogP contribution in [0, 0.1) is 12.7 Å². The maximum atomic E-state index is 14.2. The minimum Gasteiger partial charge on any atom is -0.319 e. The number of halogens is 1. The van der Waals surface area contributed by atoms with E-state index in [9.17, 15) is 9.18 Å². The van der Waals surface area contributed by atoms with Crippen molar-refractivity contribution in [1.29, 1.82) is 0 Å². The summed E-state index contributed by atoms with van der Waals surface area (Å²) in [6.45, 7) is 1.73. The Balaban J connectivity index is 1.62. The lowest BCUT2D eigenvalue weighted by Gasteiger charge is -2.07. The number of carbonyl (C=O) groups excluding carboxylic acids is 1. The molecule has 4 rings (SSSR count). The minimum absolute atomic E-state index is 0.0280. The van der Waals surface area contributed by atoms with E-state index >= 15 is 0 Å². The van der Waals surface area contributed by atoms with Crippen LogP contribution in [-0.2, 0) is 0 Å². The summed E-state index contributed by atoms with van der Waals surface area (Å²) in [4.78, 5) is 21.7. The molecule has 134 valence electrons. The van der Waals surface area contributed by atoms with E-state index in [1.807, 2.05) is 12.1 Å². The molecule has 0 atom stereocenters. The molecule has 0 aliphatic rings. The highest BCUT2D eigenvalue weighted by atomic mass is 32.1. The van der Waals surface area contributed by atoms with Crippen molar-refractivity contribution in [1.82, 2.24) is 30.2 Å². The Morgan fingerprint density at radius 1 is 1.26 bits per heavy atom. The molecule has 3 heterocycles. The third-order valence-electron chi connectivity index (χ3n) is 3.70. The molecule has 0 aliphatic carbocycles. The molecule has 0 radical (unpaired) electrons. The Hall–Kier alpha value is -3.53. The van der Waals surface area contributed by atoms with Gasteiger partial charge in [-0.1, -0.05) is 6.07 Å². The summed E-state index contributed by atoms with van der Waals surface area (Å²) in [6, 6.07) is 9.68. The van der Waals surface area contributed by atoms with Crippen LogP contribution in [0.4, 0.5) is 10.1 Å². The molecule has 0 saturated heterocycles. The molecular formula is C17H12FN7OS. The summed E-state index contributed by atoms with van der Waals surface area (Å²) < 4.78 is 15.5. The second-order valence-corrected chi connectivity index (χ2v) is 6.52. The molecule has 27 heavy (non-hydrogen) atoms. The van der Waals surface area contributed by atoms with Crippen LogP contribution in [0.15, 0.2) is 48.9 Å². The number of hydrogen-bond donors (Lipinski definition) is 1. The zero-order valence-corrected chi connectivity index (χ0v) is 14.8. The lowest BCUT2D eigenvalue weighted by molar-refractivity contribution is 0.102. The largest absolute Gasteiger partial charge is 0.319 e. The number of nitrogens with zero attached hydrogens (tertiary/aromatic N) is 6. The number of nitrogens with one attached hydrogen (secondary N) is 1. The second kappa shape index (κ2) is 7.00. The molecule has 0 saturated carbocycles. The van der Waals surface area contributed by atoms with Gasteiger partial charge in [-0.15, -0.1) is 16.4 Å². The molecule has 0 aliphatic heterocycles. The van der Waals surface area contributed by atoms with Gasteiger partial charge in [0.15, 0.2) is 0 Å². The Morgan fingerprint density at radius 3 is 2.89 bits per heavy atom. The van der Waals surface area contributed by atoms with Crippen LogP contribution >= 0.6 is 11.3 Å². The zero-order valence-electron chi connectivity index (χ0n) is 14.0. The van der Waals surface area contributed by atoms with Crippen LogP contribution in [0.25, 0.3) is 16.4 Å². The molecule has 8 nitrogen and oxygen atoms in total. The van der Waals surface area contributed by atoms with Crippen molar-refractivity contribution < 1.29 is 9.18 Å². The van der Waals surface area contributed by atoms with Gasteiger partial charge in [0.1, 0.15) is 22.0 Å². The van der Waals surface area contributed by atoms with Gasteiger partial charge in [-0.3, -0.25) is 9.78 Å². The van der Waals surface area contributed by atoms with E-state index in [1.165, 1.54) is 40.5 Å². The second-order valence-electron chi connectivity index (χ2n) is 5.52. The molecule has 0 bridgehead atoms. The van der Waals surface area contributed by atoms with Crippen LogP contribution < -0.4 is 5.32 Å². The first-order valence-electron chi connectivity index (χ1n) is 7.85. The fraction of sp³-hybridized carbons (Fsp3) is 0.0588. The van der Waals surface area contributed by atoms with E-state index in [0.29, 0.717) is 27.0 Å². The van der Waals surface area contributed by atoms with Crippen molar-refractivity contribution in [3.63, 3.8) is 0 Å². The molecule has 0 unspecified atom stereocenters. The first kappa shape index (κ1) is 16.9. The molecule has 10 heteroatoms. The average Bonchev–Trinajstić information content (AvgIpc) is 3.34. The zero-order chi connectivity index (χ0) is 18.8. The summed E-state index contributed by atoms with van der Waals surface area (Å²) in [5, 5.41) is 14.0. The Kier molecular flexibility index (Phi) is 4.38. The van der Waals surface area contributed by atoms with E-state index in [0.717, 1.165) is 0 Å². The number of amides is 1. The van der Waals surface area contributed by atoms with E-state index < -0.39 is 11.7 Å². The third kappa shape index (κ3) is 3.42. The normalized spacial score (nSPS) is 10.7. The van der Waals surface area contributed by atoms with Crippen molar-refractivity contribution in [2.45, 2.75) is 6.92 Å². The van der Waals surface area contributed by atoms with Crippen LogP contribution in [0.3, 0.4) is 0 Å². The molecule has 0 spiro atoms. The van der Waals surface area contributed by atoms with E-state index in [1.54, 1.807) is 19.2 Å². The molecule has 0 fully saturated rings. The van der Waals surface area contributed by atoms with Gasteiger partial charge in [0.25, 0.3) is 5.91 Å². The standard InChI is InChI=1S/C17H12FN7OS/c1-10-15(27-17(21-10)13-4-2-3-7-19-13)16(26)22-14-8-11(5-6-12(14)18)25-9-20-23-24-25/h2-9H,1H3,(H,22,26). The van der Waals surface area contributed by atoms with Crippen LogP contribution in [0.5, 0.6) is 0 Å². The van der Waals surface area contributed by atoms with Crippen LogP contribution in [0.2, 0.25) is 0 Å². The van der Waals surface area contributed by atoms with Gasteiger partial charge in [-0.2, -0.15) is 0 Å². The highest BCUT2D eigenvalue weighted by Gasteiger charge is 2.18. The predicted octanol–water partition coefficient (Wildman–Crippen LogP) is 2.88. The van der Waals surface area contributed by atoms with Crippen molar-refractivity contribution in [2.75, 3.05) is 5.32 Å². The number of anilines is 1. The molecule has 1 N–H and O–H groups in total. The van der Waals surface area contributed by atoms with E-state index in [4.69, 9.17) is 0 Å². The lowest BCUT2D eigenvalue weighted by Crippen LogP contribution is -2.13. The quantitative estimate of drug-likeness (QED) is 0.584. The van der Waals surface area contributed by atoms with Gasteiger partial charge in [0.05, 0.1) is 22.8 Å². The minimum atomic E-state index is -0.563. The summed E-state index contributed by atoms with van der Waals surface area (Å²) >= 11 is 1.20. The van der Waals surface area contributed by atoms with Crippen molar-refractivity contribution in [3.8, 4) is 16.4 Å². The number of rotatable bonds is 4. The van der Waals surface area contributed by atoms with Gasteiger partial charge < -0.3 is 5.32 Å². The highest BCUT2D eigenvalue weighted by Crippen LogP contribution is 2.27. The van der Waals surface area contributed by atoms with Crippen molar-refractivity contribution in [2.24, 2.45) is 0 Å². The SMILES string of the molecule is Cc1nc(-c2ccccn2)sc1C(=O)Nc1cc(-n2cnnn2)ccc1F. The van der Waals surface area contributed by atoms with E-state index in [-0.39, 0.29) is 5.69 Å². The fourth-order valence-electron chi connectivity index (χ4n) is 2.42. The summed E-state index contributed by atoms with van der Waals surface area (Å²) in [5.74, 6) is -1.01. The van der Waals surface area contributed by atoms with Crippen LogP contribution in [-0.4, -0.2) is 36.1 Å². The maximum Gasteiger partial charge on any atom is 0.267 e. The number of hydrogen-bond acceptors (Lipinski definition) is 7. The number of pyridine rings is 1. The van der Waals surface area contributed by atoms with Gasteiger partial charge in [0.2, 0.25) is 0 Å². The molecule has 4 aromatic rings. The number of thiazole rings is 1. The Bertz CT molecular complexity index is 1100. The number of aromatic nitrogens is 6. The number of carbonyl (C=O) groups is 1. The summed E-state index contributed by atoms with van der Waals surface area (Å²) in [5.41, 5.74) is 1.78. The Morgan fingerprint density at radius 2 is 2.15 bits per heavy atom. The topological polar surface area (TPSA) is 98.5 Å². The number of aryl methyl sites for hydroxylation is 1. The summed E-state index contributed by atoms with van der Waals surface area (Å²) in [6.07, 6.45) is 3.04. The Labute approximate surface area is 156 Å². The predicted molar refractivity (Wildman–Crippen MR) is 97.1 cm³/mol. The third-order valence-corrected chi connectivity index (χ3v) is 4.88. The van der Waals surface area contributed by atoms with Gasteiger partial charge in [-0.05, 0) is 47.7 Å². The van der Waals surface area contributed by atoms with Gasteiger partial charge >= 0.3 is 0 Å². The monoisotopic (exact) mass is 381 g/mol. The maximum absolute atomic E-state index is 14.2. The van der Waals surface area contributed by atoms with Crippen LogP contribution in [0.1, 0.15) is 15.4 Å². The number of tetrazole rings is 1. The summed E-state index contributed by atoms with van der Waals surface area (Å²) in [7, 11) is 0. The highest BCUT2D eigenvalue weighted by molar-refractivity contribution is 7.17.